The lowest BCUT2D eigenvalue weighted by atomic mass is 10.1. The average Bonchev–Trinajstić information content (AvgIpc) is 2.89. The summed E-state index contributed by atoms with van der Waals surface area (Å²) in [4.78, 5) is 17.5. The van der Waals surface area contributed by atoms with E-state index in [1.807, 2.05) is 42.5 Å². The second kappa shape index (κ2) is 11.6. The van der Waals surface area contributed by atoms with Gasteiger partial charge in [0.15, 0.2) is 0 Å². The fourth-order valence-corrected chi connectivity index (χ4v) is 4.29. The fraction of sp³-hybridized carbons (Fsp3) is 0.154. The number of methoxy groups -OCH3 is 1. The number of carbonyl (C=O) groups is 1. The van der Waals surface area contributed by atoms with Gasteiger partial charge >= 0.3 is 0 Å². The zero-order valence-corrected chi connectivity index (χ0v) is 19.9. The van der Waals surface area contributed by atoms with Gasteiger partial charge in [-0.2, -0.15) is 0 Å². The van der Waals surface area contributed by atoms with Crippen molar-refractivity contribution in [1.82, 2.24) is 10.3 Å². The monoisotopic (exact) mass is 491 g/mol. The number of pyridine rings is 1. The largest absolute Gasteiger partial charge is 0.497 e. The van der Waals surface area contributed by atoms with E-state index in [0.717, 1.165) is 10.9 Å². The van der Waals surface area contributed by atoms with Gasteiger partial charge < -0.3 is 14.8 Å². The van der Waals surface area contributed by atoms with Gasteiger partial charge in [0.05, 0.1) is 42.8 Å². The molecular formula is C26H25N3O5S. The molecule has 1 atom stereocenters. The molecule has 0 bridgehead atoms. The van der Waals surface area contributed by atoms with Crippen LogP contribution in [0.15, 0.2) is 85.1 Å². The highest BCUT2D eigenvalue weighted by Crippen LogP contribution is 2.35. The van der Waals surface area contributed by atoms with Crippen LogP contribution in [0.2, 0.25) is 0 Å². The summed E-state index contributed by atoms with van der Waals surface area (Å²) < 4.78 is 34.9. The van der Waals surface area contributed by atoms with Gasteiger partial charge in [-0.25, -0.2) is 8.51 Å². The molecule has 0 aliphatic heterocycles. The van der Waals surface area contributed by atoms with Crippen LogP contribution in [0.3, 0.4) is 0 Å². The van der Waals surface area contributed by atoms with Crippen molar-refractivity contribution >= 4 is 39.5 Å². The van der Waals surface area contributed by atoms with E-state index in [0.29, 0.717) is 30.2 Å². The molecule has 0 spiro atoms. The van der Waals surface area contributed by atoms with Crippen LogP contribution < -0.4 is 14.4 Å². The van der Waals surface area contributed by atoms with Crippen molar-refractivity contribution in [3.05, 3.63) is 96.2 Å². The van der Waals surface area contributed by atoms with Crippen LogP contribution in [-0.4, -0.2) is 39.9 Å². The summed E-state index contributed by atoms with van der Waals surface area (Å²) in [5.74, 6) is 0.0183. The maximum absolute atomic E-state index is 13.1. The number of nitrogens with zero attached hydrogens (tertiary/aromatic N) is 2. The number of para-hydroxylation sites is 1. The number of hydrogen-bond donors (Lipinski definition) is 2. The Balaban J connectivity index is 1.58. The molecule has 1 amide bonds. The average molecular weight is 492 g/mol. The van der Waals surface area contributed by atoms with Gasteiger partial charge in [0.25, 0.3) is 17.2 Å². The molecule has 1 unspecified atom stereocenters. The van der Waals surface area contributed by atoms with E-state index in [4.69, 9.17) is 9.47 Å². The minimum Gasteiger partial charge on any atom is -0.497 e. The Morgan fingerprint density at radius 2 is 1.83 bits per heavy atom. The van der Waals surface area contributed by atoms with E-state index >= 15 is 0 Å². The maximum Gasteiger partial charge on any atom is 0.266 e. The van der Waals surface area contributed by atoms with E-state index in [1.54, 1.807) is 36.5 Å². The number of rotatable bonds is 10. The lowest BCUT2D eigenvalue weighted by Gasteiger charge is -2.24. The molecule has 4 aromatic rings. The molecule has 35 heavy (non-hydrogen) atoms. The summed E-state index contributed by atoms with van der Waals surface area (Å²) in [6.07, 6.45) is 1.61. The molecule has 0 aliphatic carbocycles. The molecule has 0 radical (unpaired) electrons. The Kier molecular flexibility index (Phi) is 8.04. The van der Waals surface area contributed by atoms with Gasteiger partial charge in [0.1, 0.15) is 5.75 Å². The highest BCUT2D eigenvalue weighted by atomic mass is 32.2. The number of benzene rings is 3. The number of amides is 1. The smallest absolute Gasteiger partial charge is 0.266 e. The number of ether oxygens (including phenoxy) is 2. The molecule has 3 aromatic carbocycles. The number of fused-ring (bicyclic) bond motifs is 1. The number of carbonyl (C=O) groups excluding carboxylic acids is 1. The van der Waals surface area contributed by atoms with Gasteiger partial charge in [-0.05, 0) is 35.9 Å². The van der Waals surface area contributed by atoms with Crippen LogP contribution >= 0.6 is 0 Å². The van der Waals surface area contributed by atoms with Crippen molar-refractivity contribution in [2.24, 2.45) is 0 Å². The van der Waals surface area contributed by atoms with Crippen LogP contribution in [0.1, 0.15) is 15.9 Å². The van der Waals surface area contributed by atoms with E-state index in [2.05, 4.69) is 10.3 Å². The van der Waals surface area contributed by atoms with E-state index in [9.17, 15) is 13.6 Å². The molecule has 0 fully saturated rings. The third-order valence-electron chi connectivity index (χ3n) is 5.30. The molecule has 4 rings (SSSR count). The molecule has 0 saturated carbocycles. The molecule has 180 valence electrons. The molecular weight excluding hydrogens is 466 g/mol. The molecule has 9 heteroatoms. The Morgan fingerprint density at radius 1 is 1.03 bits per heavy atom. The van der Waals surface area contributed by atoms with Gasteiger partial charge in [-0.3, -0.25) is 14.3 Å². The van der Waals surface area contributed by atoms with Gasteiger partial charge in [-0.15, -0.1) is 0 Å². The first-order chi connectivity index (χ1) is 17.1. The van der Waals surface area contributed by atoms with E-state index < -0.39 is 17.2 Å². The van der Waals surface area contributed by atoms with Crippen LogP contribution in [0, 0.1) is 0 Å². The standard InChI is InChI=1S/C26H25N3O5S/c1-33-21-12-13-23(29(35(31)32)24-11-5-9-20-10-6-14-27-25(20)24)22(17-21)26(30)28-15-16-34-18-19-7-3-2-4-8-19/h2-14,17H,15-16,18H2,1H3,(H,28,30)(H,31,32). The molecule has 0 saturated heterocycles. The number of anilines is 2. The highest BCUT2D eigenvalue weighted by Gasteiger charge is 2.24. The first kappa shape index (κ1) is 24.3. The van der Waals surface area contributed by atoms with Crippen molar-refractivity contribution in [2.75, 3.05) is 24.6 Å². The molecule has 8 nitrogen and oxygen atoms in total. The number of aromatic nitrogens is 1. The van der Waals surface area contributed by atoms with Crippen LogP contribution in [-0.2, 0) is 22.6 Å². The summed E-state index contributed by atoms with van der Waals surface area (Å²) in [6.45, 7) is 1.01. The second-order valence-corrected chi connectivity index (χ2v) is 8.38. The SMILES string of the molecule is COc1ccc(N(c2cccc3cccnc23)S(=O)O)c(C(=O)NCCOCc2ccccc2)c1. The van der Waals surface area contributed by atoms with Crippen LogP contribution in [0.4, 0.5) is 11.4 Å². The van der Waals surface area contributed by atoms with Crippen molar-refractivity contribution in [1.29, 1.82) is 0 Å². The quantitative estimate of drug-likeness (QED) is 0.251. The maximum atomic E-state index is 13.1. The zero-order valence-electron chi connectivity index (χ0n) is 19.1. The summed E-state index contributed by atoms with van der Waals surface area (Å²) in [7, 11) is 1.49. The topological polar surface area (TPSA) is 101 Å². The first-order valence-corrected chi connectivity index (χ1v) is 12.0. The number of hydrogen-bond acceptors (Lipinski definition) is 5. The minimum absolute atomic E-state index is 0.183. The Morgan fingerprint density at radius 3 is 2.60 bits per heavy atom. The Labute approximate surface area is 205 Å². The van der Waals surface area contributed by atoms with E-state index in [1.165, 1.54) is 17.5 Å². The Hall–Kier alpha value is -3.79. The summed E-state index contributed by atoms with van der Waals surface area (Å²) in [6, 6.07) is 23.5. The van der Waals surface area contributed by atoms with Gasteiger partial charge in [0, 0.05) is 18.1 Å². The zero-order chi connectivity index (χ0) is 24.6. The second-order valence-electron chi connectivity index (χ2n) is 7.55. The highest BCUT2D eigenvalue weighted by molar-refractivity contribution is 7.81. The molecule has 1 heterocycles. The fourth-order valence-electron chi connectivity index (χ4n) is 3.65. The van der Waals surface area contributed by atoms with Crippen molar-refractivity contribution in [3.63, 3.8) is 0 Å². The van der Waals surface area contributed by atoms with Gasteiger partial charge in [0.2, 0.25) is 0 Å². The summed E-state index contributed by atoms with van der Waals surface area (Å²) >= 11 is -2.48. The lowest BCUT2D eigenvalue weighted by Crippen LogP contribution is -2.30. The van der Waals surface area contributed by atoms with E-state index in [-0.39, 0.29) is 17.8 Å². The summed E-state index contributed by atoms with van der Waals surface area (Å²) in [5, 5.41) is 3.62. The molecule has 1 aromatic heterocycles. The van der Waals surface area contributed by atoms with Crippen molar-refractivity contribution < 1.29 is 23.0 Å². The number of nitrogens with one attached hydrogen (secondary N) is 1. The molecule has 2 N–H and O–H groups in total. The van der Waals surface area contributed by atoms with Gasteiger partial charge in [-0.1, -0.05) is 48.5 Å². The normalized spacial score (nSPS) is 11.7. The predicted octanol–water partition coefficient (Wildman–Crippen LogP) is 4.46. The van der Waals surface area contributed by atoms with Crippen LogP contribution in [0.5, 0.6) is 5.75 Å². The molecule has 0 aliphatic rings. The van der Waals surface area contributed by atoms with Crippen molar-refractivity contribution in [2.45, 2.75) is 6.61 Å². The first-order valence-electron chi connectivity index (χ1n) is 10.9. The Bertz CT molecular complexity index is 1330. The van der Waals surface area contributed by atoms with Crippen molar-refractivity contribution in [3.8, 4) is 5.75 Å². The third-order valence-corrected chi connectivity index (χ3v) is 6.00. The summed E-state index contributed by atoms with van der Waals surface area (Å²) in [5.41, 5.74) is 2.40. The van der Waals surface area contributed by atoms with Crippen LogP contribution in [0.25, 0.3) is 10.9 Å². The third kappa shape index (κ3) is 5.83. The minimum atomic E-state index is -2.48. The lowest BCUT2D eigenvalue weighted by molar-refractivity contribution is 0.0901. The predicted molar refractivity (Wildman–Crippen MR) is 136 cm³/mol.